The zero-order chi connectivity index (χ0) is 8.81. The van der Waals surface area contributed by atoms with Gasteiger partial charge in [0.15, 0.2) is 0 Å². The molecule has 0 aromatic carbocycles. The molecule has 1 rings (SSSR count). The third kappa shape index (κ3) is 3.00. The van der Waals surface area contributed by atoms with Crippen LogP contribution in [0.5, 0.6) is 0 Å². The van der Waals surface area contributed by atoms with Gasteiger partial charge in [-0.15, -0.1) is 0 Å². The molecule has 1 aliphatic carbocycles. The second-order valence-electron chi connectivity index (χ2n) is 4.14. The molecule has 0 bridgehead atoms. The Morgan fingerprint density at radius 2 is 2.17 bits per heavy atom. The van der Waals surface area contributed by atoms with E-state index in [0.29, 0.717) is 0 Å². The average molecular weight is 166 g/mol. The predicted molar refractivity (Wildman–Crippen MR) is 55.2 cm³/mol. The molecular formula is C12H22. The highest BCUT2D eigenvalue weighted by molar-refractivity contribution is 4.87. The molecule has 0 radical (unpaired) electrons. The standard InChI is InChI=1S/C12H22/c1-3-11(2)12-9-7-5-4-6-8-10-12/h5,7,11-12H,3-4,6,8-10H2,1-2H3/b7-5-. The van der Waals surface area contributed by atoms with E-state index in [1.165, 1.54) is 38.5 Å². The third-order valence-electron chi connectivity index (χ3n) is 3.25. The summed E-state index contributed by atoms with van der Waals surface area (Å²) in [6.45, 7) is 4.72. The zero-order valence-electron chi connectivity index (χ0n) is 8.55. The summed E-state index contributed by atoms with van der Waals surface area (Å²) in [5, 5.41) is 0. The quantitative estimate of drug-likeness (QED) is 0.540. The molecule has 1 aliphatic rings. The maximum atomic E-state index is 2.40. The van der Waals surface area contributed by atoms with Crippen LogP contribution in [0.4, 0.5) is 0 Å². The van der Waals surface area contributed by atoms with Crippen LogP contribution in [0.1, 0.15) is 52.4 Å². The highest BCUT2D eigenvalue weighted by atomic mass is 14.2. The first-order chi connectivity index (χ1) is 5.84. The molecule has 0 spiro atoms. The molecule has 0 saturated carbocycles. The maximum absolute atomic E-state index is 2.40. The summed E-state index contributed by atoms with van der Waals surface area (Å²) in [6, 6.07) is 0. The molecule has 0 aromatic rings. The molecule has 0 aromatic heterocycles. The van der Waals surface area contributed by atoms with Gasteiger partial charge in [0.05, 0.1) is 0 Å². The van der Waals surface area contributed by atoms with Crippen molar-refractivity contribution >= 4 is 0 Å². The zero-order valence-corrected chi connectivity index (χ0v) is 8.55. The van der Waals surface area contributed by atoms with Crippen molar-refractivity contribution in [1.82, 2.24) is 0 Å². The Kier molecular flexibility index (Phi) is 4.42. The van der Waals surface area contributed by atoms with Gasteiger partial charge in [0.25, 0.3) is 0 Å². The highest BCUT2D eigenvalue weighted by Crippen LogP contribution is 2.26. The van der Waals surface area contributed by atoms with Gasteiger partial charge in [-0.05, 0) is 37.5 Å². The van der Waals surface area contributed by atoms with Crippen molar-refractivity contribution in [2.24, 2.45) is 11.8 Å². The first-order valence-corrected chi connectivity index (χ1v) is 5.49. The maximum Gasteiger partial charge on any atom is -0.0320 e. The van der Waals surface area contributed by atoms with Gasteiger partial charge in [-0.25, -0.2) is 0 Å². The summed E-state index contributed by atoms with van der Waals surface area (Å²) in [5.41, 5.74) is 0. The molecule has 0 nitrogen and oxygen atoms in total. The largest absolute Gasteiger partial charge is 0.0885 e. The normalized spacial score (nSPS) is 30.3. The molecular weight excluding hydrogens is 144 g/mol. The van der Waals surface area contributed by atoms with E-state index in [0.717, 1.165) is 11.8 Å². The van der Waals surface area contributed by atoms with Gasteiger partial charge >= 0.3 is 0 Å². The van der Waals surface area contributed by atoms with E-state index in [4.69, 9.17) is 0 Å². The Hall–Kier alpha value is -0.260. The van der Waals surface area contributed by atoms with Crippen LogP contribution in [0.25, 0.3) is 0 Å². The number of allylic oxidation sites excluding steroid dienone is 2. The number of rotatable bonds is 2. The van der Waals surface area contributed by atoms with E-state index in [9.17, 15) is 0 Å². The van der Waals surface area contributed by atoms with Gasteiger partial charge in [-0.3, -0.25) is 0 Å². The fourth-order valence-corrected chi connectivity index (χ4v) is 2.03. The second-order valence-corrected chi connectivity index (χ2v) is 4.14. The SMILES string of the molecule is CCC(C)C1C/C=C\CCCC1. The minimum Gasteiger partial charge on any atom is -0.0885 e. The van der Waals surface area contributed by atoms with Crippen LogP contribution < -0.4 is 0 Å². The van der Waals surface area contributed by atoms with Gasteiger partial charge < -0.3 is 0 Å². The van der Waals surface area contributed by atoms with E-state index in [-0.39, 0.29) is 0 Å². The molecule has 0 saturated heterocycles. The first kappa shape index (κ1) is 9.83. The van der Waals surface area contributed by atoms with Gasteiger partial charge in [-0.1, -0.05) is 38.8 Å². The second kappa shape index (κ2) is 5.40. The van der Waals surface area contributed by atoms with Crippen LogP contribution in [-0.4, -0.2) is 0 Å². The van der Waals surface area contributed by atoms with E-state index < -0.39 is 0 Å². The average Bonchev–Trinajstić information content (AvgIpc) is 2.02. The fraction of sp³-hybridized carbons (Fsp3) is 0.833. The number of hydrogen-bond donors (Lipinski definition) is 0. The van der Waals surface area contributed by atoms with Crippen LogP contribution in [0, 0.1) is 11.8 Å². The van der Waals surface area contributed by atoms with Crippen molar-refractivity contribution in [2.75, 3.05) is 0 Å². The highest BCUT2D eigenvalue weighted by Gasteiger charge is 2.14. The molecule has 70 valence electrons. The van der Waals surface area contributed by atoms with Crippen LogP contribution in [0.3, 0.4) is 0 Å². The lowest BCUT2D eigenvalue weighted by atomic mass is 9.83. The Morgan fingerprint density at radius 1 is 1.33 bits per heavy atom. The Bertz CT molecular complexity index is 135. The van der Waals surface area contributed by atoms with Crippen molar-refractivity contribution in [1.29, 1.82) is 0 Å². The van der Waals surface area contributed by atoms with Crippen LogP contribution >= 0.6 is 0 Å². The van der Waals surface area contributed by atoms with Crippen molar-refractivity contribution in [3.05, 3.63) is 12.2 Å². The molecule has 0 fully saturated rings. The fourth-order valence-electron chi connectivity index (χ4n) is 2.03. The Labute approximate surface area is 77.1 Å². The molecule has 0 aliphatic heterocycles. The number of hydrogen-bond acceptors (Lipinski definition) is 0. The van der Waals surface area contributed by atoms with Crippen molar-refractivity contribution < 1.29 is 0 Å². The topological polar surface area (TPSA) is 0 Å². The van der Waals surface area contributed by atoms with Crippen molar-refractivity contribution in [2.45, 2.75) is 52.4 Å². The van der Waals surface area contributed by atoms with Crippen molar-refractivity contribution in [3.8, 4) is 0 Å². The predicted octanol–water partition coefficient (Wildman–Crippen LogP) is 4.17. The summed E-state index contributed by atoms with van der Waals surface area (Å²) in [6.07, 6.45) is 13.1. The Morgan fingerprint density at radius 3 is 2.92 bits per heavy atom. The van der Waals surface area contributed by atoms with E-state index in [1.807, 2.05) is 0 Å². The summed E-state index contributed by atoms with van der Waals surface area (Å²) in [4.78, 5) is 0. The summed E-state index contributed by atoms with van der Waals surface area (Å²) < 4.78 is 0. The van der Waals surface area contributed by atoms with Gasteiger partial charge in [-0.2, -0.15) is 0 Å². The molecule has 0 heteroatoms. The monoisotopic (exact) mass is 166 g/mol. The van der Waals surface area contributed by atoms with E-state index >= 15 is 0 Å². The van der Waals surface area contributed by atoms with Crippen LogP contribution in [-0.2, 0) is 0 Å². The molecule has 0 N–H and O–H groups in total. The lowest BCUT2D eigenvalue weighted by Crippen LogP contribution is -2.11. The first-order valence-electron chi connectivity index (χ1n) is 5.49. The molecule has 12 heavy (non-hydrogen) atoms. The smallest absolute Gasteiger partial charge is 0.0320 e. The van der Waals surface area contributed by atoms with Crippen LogP contribution in [0.15, 0.2) is 12.2 Å². The minimum absolute atomic E-state index is 0.924. The molecule has 2 atom stereocenters. The summed E-state index contributed by atoms with van der Waals surface area (Å²) in [7, 11) is 0. The lowest BCUT2D eigenvalue weighted by Gasteiger charge is -2.22. The third-order valence-corrected chi connectivity index (χ3v) is 3.25. The molecule has 2 unspecified atom stereocenters. The van der Waals surface area contributed by atoms with Gasteiger partial charge in [0, 0.05) is 0 Å². The van der Waals surface area contributed by atoms with E-state index in [2.05, 4.69) is 26.0 Å². The lowest BCUT2D eigenvalue weighted by molar-refractivity contribution is 0.317. The summed E-state index contributed by atoms with van der Waals surface area (Å²) >= 11 is 0. The molecule has 0 heterocycles. The van der Waals surface area contributed by atoms with Gasteiger partial charge in [0.1, 0.15) is 0 Å². The molecule has 0 amide bonds. The summed E-state index contributed by atoms with van der Waals surface area (Å²) in [5.74, 6) is 1.89. The minimum atomic E-state index is 0.924. The Balaban J connectivity index is 2.39. The van der Waals surface area contributed by atoms with E-state index in [1.54, 1.807) is 0 Å². The van der Waals surface area contributed by atoms with Crippen LogP contribution in [0.2, 0.25) is 0 Å². The van der Waals surface area contributed by atoms with Crippen molar-refractivity contribution in [3.63, 3.8) is 0 Å². The van der Waals surface area contributed by atoms with Gasteiger partial charge in [0.2, 0.25) is 0 Å².